The monoisotopic (exact) mass is 295 g/mol. The number of carbonyl (C=O) groups excluding carboxylic acids is 1. The van der Waals surface area contributed by atoms with Gasteiger partial charge in [0.1, 0.15) is 6.29 Å². The summed E-state index contributed by atoms with van der Waals surface area (Å²) in [6, 6.07) is 21.0. The highest BCUT2D eigenvalue weighted by molar-refractivity contribution is 5.57. The molecule has 2 heteroatoms. The van der Waals surface area contributed by atoms with Gasteiger partial charge >= 0.3 is 0 Å². The molecule has 0 atom stereocenters. The molecule has 0 bridgehead atoms. The third-order valence-corrected chi connectivity index (χ3v) is 3.89. The van der Waals surface area contributed by atoms with Gasteiger partial charge in [0.2, 0.25) is 0 Å². The lowest BCUT2D eigenvalue weighted by Gasteiger charge is -2.26. The summed E-state index contributed by atoms with van der Waals surface area (Å²) < 4.78 is 0. The van der Waals surface area contributed by atoms with Crippen molar-refractivity contribution in [2.75, 3.05) is 6.54 Å². The Bertz CT molecular complexity index is 521. The standard InChI is InChI=1S/C20H25NO/c1-20(2,17-22)13-14-21(15-18-9-5-3-6-10-18)16-19-11-7-4-8-12-19/h3-12,17H,13-16H2,1-2H3. The fourth-order valence-corrected chi connectivity index (χ4v) is 2.40. The zero-order valence-corrected chi connectivity index (χ0v) is 13.5. The van der Waals surface area contributed by atoms with Crippen molar-refractivity contribution >= 4 is 6.29 Å². The predicted molar refractivity (Wildman–Crippen MR) is 91.5 cm³/mol. The van der Waals surface area contributed by atoms with Gasteiger partial charge in [-0.05, 0) is 24.1 Å². The Morgan fingerprint density at radius 3 is 1.73 bits per heavy atom. The Balaban J connectivity index is 2.04. The van der Waals surface area contributed by atoms with Crippen molar-refractivity contribution in [1.29, 1.82) is 0 Å². The first-order chi connectivity index (χ1) is 10.6. The Morgan fingerprint density at radius 1 is 0.864 bits per heavy atom. The molecule has 0 radical (unpaired) electrons. The average molecular weight is 295 g/mol. The molecule has 0 spiro atoms. The Morgan fingerprint density at radius 2 is 1.32 bits per heavy atom. The zero-order chi connectivity index (χ0) is 15.8. The highest BCUT2D eigenvalue weighted by atomic mass is 16.1. The summed E-state index contributed by atoms with van der Waals surface area (Å²) in [6.45, 7) is 6.73. The second kappa shape index (κ2) is 7.90. The zero-order valence-electron chi connectivity index (χ0n) is 13.5. The smallest absolute Gasteiger partial charge is 0.125 e. The number of hydrogen-bond acceptors (Lipinski definition) is 2. The normalized spacial score (nSPS) is 11.6. The van der Waals surface area contributed by atoms with Crippen molar-refractivity contribution in [3.63, 3.8) is 0 Å². The first-order valence-electron chi connectivity index (χ1n) is 7.86. The van der Waals surface area contributed by atoms with Crippen LogP contribution < -0.4 is 0 Å². The molecule has 0 aromatic heterocycles. The van der Waals surface area contributed by atoms with Crippen LogP contribution >= 0.6 is 0 Å². The fourth-order valence-electron chi connectivity index (χ4n) is 2.40. The van der Waals surface area contributed by atoms with Gasteiger partial charge in [-0.2, -0.15) is 0 Å². The van der Waals surface area contributed by atoms with E-state index in [0.29, 0.717) is 0 Å². The van der Waals surface area contributed by atoms with Gasteiger partial charge in [-0.25, -0.2) is 0 Å². The molecule has 0 aliphatic heterocycles. The van der Waals surface area contributed by atoms with Gasteiger partial charge in [-0.1, -0.05) is 74.5 Å². The van der Waals surface area contributed by atoms with Gasteiger partial charge in [0.15, 0.2) is 0 Å². The molecule has 2 aromatic rings. The van der Waals surface area contributed by atoms with Crippen molar-refractivity contribution in [2.45, 2.75) is 33.4 Å². The molecule has 22 heavy (non-hydrogen) atoms. The van der Waals surface area contributed by atoms with E-state index in [1.165, 1.54) is 11.1 Å². The molecule has 2 rings (SSSR count). The number of hydrogen-bond donors (Lipinski definition) is 0. The van der Waals surface area contributed by atoms with Crippen molar-refractivity contribution in [1.82, 2.24) is 4.90 Å². The number of nitrogens with zero attached hydrogens (tertiary/aromatic N) is 1. The number of aldehydes is 1. The van der Waals surface area contributed by atoms with E-state index in [9.17, 15) is 4.79 Å². The number of carbonyl (C=O) groups is 1. The minimum atomic E-state index is -0.258. The van der Waals surface area contributed by atoms with E-state index >= 15 is 0 Å². The topological polar surface area (TPSA) is 20.3 Å². The van der Waals surface area contributed by atoms with Crippen molar-refractivity contribution < 1.29 is 4.79 Å². The van der Waals surface area contributed by atoms with Crippen LogP contribution in [0.5, 0.6) is 0 Å². The van der Waals surface area contributed by atoms with Crippen LogP contribution in [0.1, 0.15) is 31.4 Å². The van der Waals surface area contributed by atoms with Gasteiger partial charge in [-0.3, -0.25) is 4.90 Å². The number of rotatable bonds is 8. The van der Waals surface area contributed by atoms with Crippen LogP contribution in [0.4, 0.5) is 0 Å². The van der Waals surface area contributed by atoms with Gasteiger partial charge in [-0.15, -0.1) is 0 Å². The lowest BCUT2D eigenvalue weighted by Crippen LogP contribution is -2.28. The lowest BCUT2D eigenvalue weighted by atomic mass is 9.91. The molecule has 0 fully saturated rings. The fraction of sp³-hybridized carbons (Fsp3) is 0.350. The molecule has 2 aromatic carbocycles. The van der Waals surface area contributed by atoms with E-state index in [1.807, 2.05) is 26.0 Å². The van der Waals surface area contributed by atoms with Crippen molar-refractivity contribution in [3.05, 3.63) is 71.8 Å². The Kier molecular flexibility index (Phi) is 5.91. The number of benzene rings is 2. The van der Waals surface area contributed by atoms with Gasteiger partial charge in [0.05, 0.1) is 0 Å². The molecule has 0 heterocycles. The largest absolute Gasteiger partial charge is 0.303 e. The summed E-state index contributed by atoms with van der Waals surface area (Å²) in [4.78, 5) is 13.5. The third-order valence-electron chi connectivity index (χ3n) is 3.89. The van der Waals surface area contributed by atoms with E-state index in [4.69, 9.17) is 0 Å². The molecule has 0 saturated carbocycles. The molecular formula is C20H25NO. The minimum absolute atomic E-state index is 0.258. The highest BCUT2D eigenvalue weighted by Crippen LogP contribution is 2.19. The molecule has 0 amide bonds. The van der Waals surface area contributed by atoms with E-state index < -0.39 is 0 Å². The first kappa shape index (κ1) is 16.4. The average Bonchev–Trinajstić information content (AvgIpc) is 2.55. The SMILES string of the molecule is CC(C)(C=O)CCN(Cc1ccccc1)Cc1ccccc1. The van der Waals surface area contributed by atoms with Crippen LogP contribution in [-0.2, 0) is 17.9 Å². The van der Waals surface area contributed by atoms with Crippen molar-refractivity contribution in [3.8, 4) is 0 Å². The Labute approximate surface area is 133 Å². The summed E-state index contributed by atoms with van der Waals surface area (Å²) in [5.41, 5.74) is 2.36. The molecule has 0 saturated heterocycles. The van der Waals surface area contributed by atoms with E-state index in [-0.39, 0.29) is 5.41 Å². The quantitative estimate of drug-likeness (QED) is 0.677. The molecular weight excluding hydrogens is 270 g/mol. The van der Waals surface area contributed by atoms with Crippen LogP contribution in [0.15, 0.2) is 60.7 Å². The lowest BCUT2D eigenvalue weighted by molar-refractivity contribution is -0.115. The summed E-state index contributed by atoms with van der Waals surface area (Å²) in [7, 11) is 0. The third kappa shape index (κ3) is 5.45. The van der Waals surface area contributed by atoms with Gasteiger partial charge in [0.25, 0.3) is 0 Å². The van der Waals surface area contributed by atoms with Crippen molar-refractivity contribution in [2.24, 2.45) is 5.41 Å². The summed E-state index contributed by atoms with van der Waals surface area (Å²) in [5.74, 6) is 0. The maximum Gasteiger partial charge on any atom is 0.125 e. The van der Waals surface area contributed by atoms with E-state index in [1.54, 1.807) is 0 Å². The molecule has 2 nitrogen and oxygen atoms in total. The van der Waals surface area contributed by atoms with Crippen LogP contribution in [-0.4, -0.2) is 17.7 Å². The summed E-state index contributed by atoms with van der Waals surface area (Å²) in [5, 5.41) is 0. The maximum absolute atomic E-state index is 11.1. The molecule has 0 aliphatic rings. The Hall–Kier alpha value is -1.93. The van der Waals surface area contributed by atoms with Crippen LogP contribution in [0.25, 0.3) is 0 Å². The molecule has 0 unspecified atom stereocenters. The highest BCUT2D eigenvalue weighted by Gasteiger charge is 2.18. The second-order valence-electron chi connectivity index (χ2n) is 6.54. The molecule has 0 N–H and O–H groups in total. The van der Waals surface area contributed by atoms with E-state index in [0.717, 1.165) is 32.3 Å². The molecule has 0 aliphatic carbocycles. The maximum atomic E-state index is 11.1. The predicted octanol–water partition coefficient (Wildman–Crippen LogP) is 4.30. The minimum Gasteiger partial charge on any atom is -0.303 e. The van der Waals surface area contributed by atoms with Crippen LogP contribution in [0.3, 0.4) is 0 Å². The molecule has 116 valence electrons. The second-order valence-corrected chi connectivity index (χ2v) is 6.54. The first-order valence-corrected chi connectivity index (χ1v) is 7.86. The van der Waals surface area contributed by atoms with Crippen LogP contribution in [0, 0.1) is 5.41 Å². The summed E-state index contributed by atoms with van der Waals surface area (Å²) >= 11 is 0. The van der Waals surface area contributed by atoms with E-state index in [2.05, 4.69) is 53.4 Å². The summed E-state index contributed by atoms with van der Waals surface area (Å²) in [6.07, 6.45) is 1.94. The van der Waals surface area contributed by atoms with Gasteiger partial charge in [0, 0.05) is 18.5 Å². The van der Waals surface area contributed by atoms with Gasteiger partial charge < -0.3 is 4.79 Å². The van der Waals surface area contributed by atoms with Crippen LogP contribution in [0.2, 0.25) is 0 Å².